The summed E-state index contributed by atoms with van der Waals surface area (Å²) in [5.74, 6) is -1.23. The van der Waals surface area contributed by atoms with E-state index in [1.54, 1.807) is 16.7 Å². The van der Waals surface area contributed by atoms with Crippen molar-refractivity contribution in [3.63, 3.8) is 0 Å². The molecule has 2 heterocycles. The Morgan fingerprint density at radius 3 is 2.77 bits per heavy atom. The number of hydrogen-bond donors (Lipinski definition) is 0. The first-order valence-corrected chi connectivity index (χ1v) is 9.79. The molecule has 5 nitrogen and oxygen atoms in total. The van der Waals surface area contributed by atoms with Crippen LogP contribution in [-0.2, 0) is 18.0 Å². The van der Waals surface area contributed by atoms with E-state index in [0.717, 1.165) is 33.3 Å². The van der Waals surface area contributed by atoms with Crippen molar-refractivity contribution in [1.82, 2.24) is 14.8 Å². The van der Waals surface area contributed by atoms with E-state index in [4.69, 9.17) is 0 Å². The molecule has 0 spiro atoms. The lowest BCUT2D eigenvalue weighted by molar-refractivity contribution is -0.147. The highest BCUT2D eigenvalue weighted by Gasteiger charge is 2.37. The molecule has 26 heavy (non-hydrogen) atoms. The number of para-hydroxylation sites is 1. The minimum atomic E-state index is -4.57. The molecule has 0 N–H and O–H groups in total. The van der Waals surface area contributed by atoms with Gasteiger partial charge in [-0.05, 0) is 18.6 Å². The molecule has 1 aromatic carbocycles. The van der Waals surface area contributed by atoms with Gasteiger partial charge in [0.05, 0.1) is 11.4 Å². The number of hydrogen-bond acceptors (Lipinski definition) is 5. The van der Waals surface area contributed by atoms with E-state index in [1.165, 1.54) is 7.05 Å². The Hall–Kier alpha value is -1.68. The fraction of sp³-hybridized carbons (Fsp3) is 0.438. The fourth-order valence-electron chi connectivity index (χ4n) is 2.64. The van der Waals surface area contributed by atoms with Gasteiger partial charge in [-0.3, -0.25) is 4.79 Å². The van der Waals surface area contributed by atoms with Crippen molar-refractivity contribution in [3.8, 4) is 0 Å². The average molecular weight is 402 g/mol. The maximum atomic E-state index is 12.8. The second-order valence-electron chi connectivity index (χ2n) is 5.88. The van der Waals surface area contributed by atoms with Crippen LogP contribution in [0.5, 0.6) is 0 Å². The molecule has 1 unspecified atom stereocenters. The zero-order valence-electron chi connectivity index (χ0n) is 14.2. The van der Waals surface area contributed by atoms with E-state index in [0.29, 0.717) is 11.8 Å². The Morgan fingerprint density at radius 1 is 1.35 bits per heavy atom. The van der Waals surface area contributed by atoms with Crippen LogP contribution in [0.15, 0.2) is 34.3 Å². The lowest BCUT2D eigenvalue weighted by atomic mass is 10.2. The van der Waals surface area contributed by atoms with Gasteiger partial charge in [-0.25, -0.2) is 0 Å². The zero-order chi connectivity index (χ0) is 18.9. The third kappa shape index (κ3) is 4.01. The van der Waals surface area contributed by atoms with Gasteiger partial charge in [0.25, 0.3) is 0 Å². The van der Waals surface area contributed by atoms with E-state index < -0.39 is 12.0 Å². The number of nitrogens with zero attached hydrogens (tertiary/aromatic N) is 4. The molecule has 0 saturated heterocycles. The summed E-state index contributed by atoms with van der Waals surface area (Å²) in [6.07, 6.45) is -3.72. The molecule has 1 aliphatic heterocycles. The summed E-state index contributed by atoms with van der Waals surface area (Å²) in [7, 11) is 1.25. The summed E-state index contributed by atoms with van der Waals surface area (Å²) in [6.45, 7) is 2.69. The zero-order valence-corrected chi connectivity index (χ0v) is 15.8. The topological polar surface area (TPSA) is 51.0 Å². The maximum Gasteiger partial charge on any atom is 0.451 e. The lowest BCUT2D eigenvalue weighted by Gasteiger charge is -2.22. The number of carbonyl (C=O) groups excluding carboxylic acids is 1. The predicted octanol–water partition coefficient (Wildman–Crippen LogP) is 3.84. The molecule has 3 rings (SSSR count). The summed E-state index contributed by atoms with van der Waals surface area (Å²) in [4.78, 5) is 15.5. The molecule has 0 aliphatic carbocycles. The number of carbonyl (C=O) groups is 1. The summed E-state index contributed by atoms with van der Waals surface area (Å²) in [5.41, 5.74) is 0.849. The van der Waals surface area contributed by atoms with Crippen LogP contribution in [0.4, 0.5) is 18.9 Å². The number of thioether (sulfide) groups is 2. The smallest absolute Gasteiger partial charge is 0.311 e. The first-order chi connectivity index (χ1) is 12.3. The molecule has 2 aromatic rings. The Kier molecular flexibility index (Phi) is 5.52. The van der Waals surface area contributed by atoms with Crippen LogP contribution in [0, 0.1) is 0 Å². The molecule has 1 aromatic heterocycles. The van der Waals surface area contributed by atoms with Gasteiger partial charge in [0.1, 0.15) is 0 Å². The Labute approximate surface area is 157 Å². The van der Waals surface area contributed by atoms with Crippen LogP contribution in [0.1, 0.15) is 19.2 Å². The number of halogens is 3. The molecule has 1 amide bonds. The number of fused-ring (bicyclic) bond motifs is 1. The Morgan fingerprint density at radius 2 is 2.08 bits per heavy atom. The summed E-state index contributed by atoms with van der Waals surface area (Å²) in [6, 6.07) is 7.68. The first kappa shape index (κ1) is 19.1. The first-order valence-electron chi connectivity index (χ1n) is 7.93. The van der Waals surface area contributed by atoms with Gasteiger partial charge in [-0.1, -0.05) is 30.8 Å². The Balaban J connectivity index is 1.74. The number of rotatable bonds is 3. The van der Waals surface area contributed by atoms with Gasteiger partial charge in [-0.2, -0.15) is 13.2 Å². The van der Waals surface area contributed by atoms with Crippen LogP contribution in [-0.4, -0.2) is 38.2 Å². The lowest BCUT2D eigenvalue weighted by Crippen LogP contribution is -2.33. The van der Waals surface area contributed by atoms with Gasteiger partial charge >= 0.3 is 6.18 Å². The van der Waals surface area contributed by atoms with E-state index in [2.05, 4.69) is 17.1 Å². The fourth-order valence-corrected chi connectivity index (χ4v) is 4.54. The largest absolute Gasteiger partial charge is 0.451 e. The standard InChI is InChI=1S/C16H17F3N4OS2/c1-10-7-8-23(11-5-3-4-6-12(11)26-10)13(24)9-25-15-21-20-14(22(15)2)16(17,18)19/h3-6,10H,7-9H2,1-2H3. The van der Waals surface area contributed by atoms with Crippen LogP contribution in [0.2, 0.25) is 0 Å². The van der Waals surface area contributed by atoms with Crippen LogP contribution < -0.4 is 4.90 Å². The molecule has 0 bridgehead atoms. The van der Waals surface area contributed by atoms with Crippen molar-refractivity contribution in [1.29, 1.82) is 0 Å². The highest BCUT2D eigenvalue weighted by Crippen LogP contribution is 2.37. The van der Waals surface area contributed by atoms with E-state index in [9.17, 15) is 18.0 Å². The molecular weight excluding hydrogens is 385 g/mol. The van der Waals surface area contributed by atoms with Crippen LogP contribution in [0.3, 0.4) is 0 Å². The van der Waals surface area contributed by atoms with Gasteiger partial charge in [0.2, 0.25) is 11.7 Å². The van der Waals surface area contributed by atoms with Crippen LogP contribution in [0.25, 0.3) is 0 Å². The predicted molar refractivity (Wildman–Crippen MR) is 95.5 cm³/mol. The molecule has 0 saturated carbocycles. The van der Waals surface area contributed by atoms with Gasteiger partial charge in [0, 0.05) is 23.7 Å². The second-order valence-corrected chi connectivity index (χ2v) is 8.30. The monoisotopic (exact) mass is 402 g/mol. The number of aromatic nitrogens is 3. The highest BCUT2D eigenvalue weighted by molar-refractivity contribution is 8.00. The summed E-state index contributed by atoms with van der Waals surface area (Å²) < 4.78 is 39.2. The number of anilines is 1. The van der Waals surface area contributed by atoms with Crippen molar-refractivity contribution < 1.29 is 18.0 Å². The van der Waals surface area contributed by atoms with E-state index in [-0.39, 0.29) is 16.8 Å². The normalized spacial score (nSPS) is 17.7. The molecule has 10 heteroatoms. The van der Waals surface area contributed by atoms with E-state index >= 15 is 0 Å². The van der Waals surface area contributed by atoms with Crippen molar-refractivity contribution in [2.24, 2.45) is 7.05 Å². The minimum Gasteiger partial charge on any atom is -0.311 e. The average Bonchev–Trinajstić information content (AvgIpc) is 2.86. The third-order valence-corrected chi connectivity index (χ3v) is 6.20. The Bertz CT molecular complexity index is 809. The number of amides is 1. The van der Waals surface area contributed by atoms with Crippen molar-refractivity contribution in [2.75, 3.05) is 17.2 Å². The van der Waals surface area contributed by atoms with Crippen molar-refractivity contribution in [2.45, 2.75) is 34.8 Å². The SMILES string of the molecule is CC1CCN(C(=O)CSc2nnc(C(F)(F)F)n2C)c2ccccc2S1. The molecule has 1 aliphatic rings. The minimum absolute atomic E-state index is 0.00277. The van der Waals surface area contributed by atoms with Crippen molar-refractivity contribution in [3.05, 3.63) is 30.1 Å². The van der Waals surface area contributed by atoms with E-state index in [1.807, 2.05) is 24.3 Å². The summed E-state index contributed by atoms with van der Waals surface area (Å²) in [5, 5.41) is 7.18. The number of benzene rings is 1. The molecule has 0 fully saturated rings. The van der Waals surface area contributed by atoms with Gasteiger partial charge in [0.15, 0.2) is 5.16 Å². The van der Waals surface area contributed by atoms with Gasteiger partial charge < -0.3 is 9.47 Å². The summed E-state index contributed by atoms with van der Waals surface area (Å²) >= 11 is 2.68. The second kappa shape index (κ2) is 7.51. The van der Waals surface area contributed by atoms with Gasteiger partial charge in [-0.15, -0.1) is 22.0 Å². The highest BCUT2D eigenvalue weighted by atomic mass is 32.2. The molecule has 1 atom stereocenters. The van der Waals surface area contributed by atoms with Crippen LogP contribution >= 0.6 is 23.5 Å². The molecule has 140 valence electrons. The quantitative estimate of drug-likeness (QED) is 0.730. The van der Waals surface area contributed by atoms with Crippen molar-refractivity contribution >= 4 is 35.1 Å². The number of alkyl halides is 3. The third-order valence-electron chi connectivity index (χ3n) is 3.96. The molecule has 0 radical (unpaired) electrons. The molecular formula is C16H17F3N4OS2. The maximum absolute atomic E-state index is 12.8.